The number of aromatic amines is 1. The van der Waals surface area contributed by atoms with E-state index in [1.54, 1.807) is 18.3 Å². The molecule has 0 bridgehead atoms. The van der Waals surface area contributed by atoms with E-state index < -0.39 is 0 Å². The number of aliphatic imine (C=N–C) groups is 1. The van der Waals surface area contributed by atoms with Crippen LogP contribution in [0.2, 0.25) is 0 Å². The van der Waals surface area contributed by atoms with E-state index in [9.17, 15) is 9.90 Å². The summed E-state index contributed by atoms with van der Waals surface area (Å²) < 4.78 is 0. The van der Waals surface area contributed by atoms with Gasteiger partial charge < -0.3 is 10.0 Å². The van der Waals surface area contributed by atoms with E-state index in [1.165, 1.54) is 5.69 Å². The molecule has 3 aromatic rings. The minimum Gasteiger partial charge on any atom is -0.494 e. The van der Waals surface area contributed by atoms with Crippen LogP contribution in [0.3, 0.4) is 0 Å². The van der Waals surface area contributed by atoms with E-state index >= 15 is 0 Å². The summed E-state index contributed by atoms with van der Waals surface area (Å²) in [7, 11) is 0. The van der Waals surface area contributed by atoms with Crippen LogP contribution < -0.4 is 10.5 Å². The van der Waals surface area contributed by atoms with Gasteiger partial charge in [-0.05, 0) is 44.2 Å². The van der Waals surface area contributed by atoms with Crippen LogP contribution in [0.5, 0.6) is 5.88 Å². The molecule has 0 atom stereocenters. The van der Waals surface area contributed by atoms with Crippen molar-refractivity contribution in [3.63, 3.8) is 0 Å². The van der Waals surface area contributed by atoms with Crippen molar-refractivity contribution >= 4 is 28.4 Å². The van der Waals surface area contributed by atoms with Gasteiger partial charge >= 0.3 is 0 Å². The number of aromatic nitrogens is 1. The topological polar surface area (TPSA) is 71.9 Å². The predicted molar refractivity (Wildman–Crippen MR) is 119 cm³/mol. The Balaban J connectivity index is 1.52. The molecule has 150 valence electrons. The third-order valence-electron chi connectivity index (χ3n) is 5.55. The van der Waals surface area contributed by atoms with Crippen molar-refractivity contribution in [1.29, 1.82) is 0 Å². The molecule has 0 radical (unpaired) electrons. The minimum absolute atomic E-state index is 0.169. The molecule has 1 saturated heterocycles. The lowest BCUT2D eigenvalue weighted by atomic mass is 10.1. The lowest BCUT2D eigenvalue weighted by Crippen LogP contribution is -2.48. The first-order valence-electron chi connectivity index (χ1n) is 10.00. The van der Waals surface area contributed by atoms with Gasteiger partial charge in [0.2, 0.25) is 5.88 Å². The van der Waals surface area contributed by atoms with Crippen molar-refractivity contribution in [2.24, 2.45) is 4.99 Å². The molecule has 4 rings (SSSR count). The minimum atomic E-state index is -0.308. The first kappa shape index (κ1) is 19.2. The molecular formula is C23H26N4O2. The summed E-state index contributed by atoms with van der Waals surface area (Å²) in [6.45, 7) is 8.69. The molecule has 6 heteroatoms. The molecule has 0 aliphatic carbocycles. The normalized spacial score (nSPS) is 15.6. The van der Waals surface area contributed by atoms with E-state index in [-0.39, 0.29) is 11.4 Å². The van der Waals surface area contributed by atoms with Gasteiger partial charge in [0.25, 0.3) is 5.56 Å². The van der Waals surface area contributed by atoms with Gasteiger partial charge in [0, 0.05) is 54.9 Å². The summed E-state index contributed by atoms with van der Waals surface area (Å²) in [6, 6.07) is 15.9. The van der Waals surface area contributed by atoms with Crippen molar-refractivity contribution in [1.82, 2.24) is 9.88 Å². The number of nitrogens with zero attached hydrogens (tertiary/aromatic N) is 3. The quantitative estimate of drug-likeness (QED) is 0.669. The Morgan fingerprint density at radius 1 is 1.00 bits per heavy atom. The number of hydrogen-bond donors (Lipinski definition) is 2. The van der Waals surface area contributed by atoms with Crippen LogP contribution in [-0.2, 0) is 0 Å². The summed E-state index contributed by atoms with van der Waals surface area (Å²) in [6.07, 6.45) is 1.60. The average Bonchev–Trinajstić information content (AvgIpc) is 2.74. The summed E-state index contributed by atoms with van der Waals surface area (Å²) in [5.74, 6) is -0.169. The second-order valence-corrected chi connectivity index (χ2v) is 7.65. The van der Waals surface area contributed by atoms with Crippen molar-refractivity contribution in [2.45, 2.75) is 19.9 Å². The van der Waals surface area contributed by atoms with Crippen molar-refractivity contribution in [3.05, 3.63) is 64.4 Å². The molecule has 1 fully saturated rings. The summed E-state index contributed by atoms with van der Waals surface area (Å²) in [4.78, 5) is 23.9. The number of pyridine rings is 1. The van der Waals surface area contributed by atoms with Crippen LogP contribution in [0, 0.1) is 0 Å². The zero-order valence-electron chi connectivity index (χ0n) is 16.8. The molecule has 2 aromatic carbocycles. The Bertz CT molecular complexity index is 1080. The lowest BCUT2D eigenvalue weighted by molar-refractivity contribution is 0.209. The number of aromatic hydroxyl groups is 1. The van der Waals surface area contributed by atoms with E-state index in [0.717, 1.165) is 31.9 Å². The number of piperazine rings is 1. The summed E-state index contributed by atoms with van der Waals surface area (Å²) in [5.41, 5.74) is 2.19. The molecule has 6 nitrogen and oxygen atoms in total. The molecule has 0 saturated carbocycles. The van der Waals surface area contributed by atoms with Crippen molar-refractivity contribution in [2.75, 3.05) is 31.1 Å². The highest BCUT2D eigenvalue weighted by atomic mass is 16.3. The molecule has 1 aliphatic heterocycles. The fraction of sp³-hybridized carbons (Fsp3) is 0.304. The van der Waals surface area contributed by atoms with Gasteiger partial charge in [0.05, 0.1) is 11.3 Å². The Labute approximate surface area is 170 Å². The smallest absolute Gasteiger partial charge is 0.258 e. The molecule has 1 aromatic heterocycles. The van der Waals surface area contributed by atoms with Crippen LogP contribution in [-0.4, -0.2) is 53.4 Å². The number of benzene rings is 2. The van der Waals surface area contributed by atoms with E-state index in [0.29, 0.717) is 22.4 Å². The van der Waals surface area contributed by atoms with Crippen LogP contribution in [0.25, 0.3) is 10.8 Å². The van der Waals surface area contributed by atoms with Crippen molar-refractivity contribution < 1.29 is 5.11 Å². The number of hydrogen-bond acceptors (Lipinski definition) is 5. The fourth-order valence-corrected chi connectivity index (χ4v) is 3.80. The summed E-state index contributed by atoms with van der Waals surface area (Å²) in [5, 5.41) is 11.4. The average molecular weight is 390 g/mol. The number of anilines is 1. The van der Waals surface area contributed by atoms with Gasteiger partial charge in [0.1, 0.15) is 0 Å². The highest BCUT2D eigenvalue weighted by molar-refractivity contribution is 6.01. The number of fused-ring (bicyclic) bond motifs is 1. The standard InChI is InChI=1S/C23H26N4O2/c1-16(2)26-11-13-27(14-12-26)18-9-7-17(8-10-18)24-15-21-19-5-3-4-6-20(19)22(28)25-23(21)29/h3-10,15-16H,11-14H2,1-2H3,(H2,25,28,29). The first-order chi connectivity index (χ1) is 14.0. The zero-order valence-corrected chi connectivity index (χ0v) is 16.8. The van der Waals surface area contributed by atoms with Gasteiger partial charge in [0.15, 0.2) is 0 Å². The molecule has 1 aliphatic rings. The Hall–Kier alpha value is -3.12. The van der Waals surface area contributed by atoms with E-state index in [2.05, 4.69) is 45.8 Å². The van der Waals surface area contributed by atoms with Gasteiger partial charge in [-0.25, -0.2) is 0 Å². The van der Waals surface area contributed by atoms with Gasteiger partial charge in [-0.1, -0.05) is 18.2 Å². The van der Waals surface area contributed by atoms with Crippen LogP contribution in [0.4, 0.5) is 11.4 Å². The largest absolute Gasteiger partial charge is 0.494 e. The van der Waals surface area contributed by atoms with Gasteiger partial charge in [-0.2, -0.15) is 0 Å². The second-order valence-electron chi connectivity index (χ2n) is 7.65. The highest BCUT2D eigenvalue weighted by Crippen LogP contribution is 2.24. The second kappa shape index (κ2) is 8.09. The third kappa shape index (κ3) is 4.03. The number of rotatable bonds is 4. The van der Waals surface area contributed by atoms with Gasteiger partial charge in [-0.15, -0.1) is 0 Å². The fourth-order valence-electron chi connectivity index (χ4n) is 3.80. The number of nitrogens with one attached hydrogen (secondary N) is 1. The molecule has 0 spiro atoms. The maximum atomic E-state index is 12.0. The molecule has 0 unspecified atom stereocenters. The predicted octanol–water partition coefficient (Wildman–Crippen LogP) is 3.51. The molecule has 2 N–H and O–H groups in total. The Morgan fingerprint density at radius 3 is 2.31 bits per heavy atom. The molecule has 0 amide bonds. The summed E-state index contributed by atoms with van der Waals surface area (Å²) >= 11 is 0. The lowest BCUT2D eigenvalue weighted by Gasteiger charge is -2.38. The monoisotopic (exact) mass is 390 g/mol. The van der Waals surface area contributed by atoms with Crippen LogP contribution in [0.1, 0.15) is 19.4 Å². The van der Waals surface area contributed by atoms with Crippen molar-refractivity contribution in [3.8, 4) is 5.88 Å². The highest BCUT2D eigenvalue weighted by Gasteiger charge is 2.18. The molecular weight excluding hydrogens is 364 g/mol. The first-order valence-corrected chi connectivity index (χ1v) is 10.00. The van der Waals surface area contributed by atoms with Crippen LogP contribution in [0.15, 0.2) is 58.3 Å². The zero-order chi connectivity index (χ0) is 20.4. The van der Waals surface area contributed by atoms with E-state index in [4.69, 9.17) is 0 Å². The molecule has 29 heavy (non-hydrogen) atoms. The molecule has 2 heterocycles. The maximum Gasteiger partial charge on any atom is 0.258 e. The SMILES string of the molecule is CC(C)N1CCN(c2ccc(N=Cc3c(O)[nH]c(=O)c4ccccc34)cc2)CC1. The van der Waals surface area contributed by atoms with Crippen LogP contribution >= 0.6 is 0 Å². The van der Waals surface area contributed by atoms with Gasteiger partial charge in [-0.3, -0.25) is 19.7 Å². The third-order valence-corrected chi connectivity index (χ3v) is 5.55. The Morgan fingerprint density at radius 2 is 1.66 bits per heavy atom. The Kier molecular flexibility index (Phi) is 5.36. The van der Waals surface area contributed by atoms with E-state index in [1.807, 2.05) is 24.3 Å². The maximum absolute atomic E-state index is 12.0. The number of H-pyrrole nitrogens is 1.